The molecule has 0 aromatic rings. The highest BCUT2D eigenvalue weighted by Crippen LogP contribution is 2.16. The summed E-state index contributed by atoms with van der Waals surface area (Å²) in [7, 11) is 0. The maximum absolute atomic E-state index is 2.37. The van der Waals surface area contributed by atoms with Gasteiger partial charge in [-0.3, -0.25) is 0 Å². The largest absolute Gasteiger partial charge is 0.0651 e. The summed E-state index contributed by atoms with van der Waals surface area (Å²) in [5, 5.41) is 0. The van der Waals surface area contributed by atoms with E-state index < -0.39 is 0 Å². The molecule has 0 amide bonds. The number of unbranched alkanes of at least 4 members (excludes halogenated alkanes) is 2. The number of hydrogen-bond donors (Lipinski definition) is 0. The Morgan fingerprint density at radius 3 is 1.38 bits per heavy atom. The first-order chi connectivity index (χ1) is 6.20. The van der Waals surface area contributed by atoms with Gasteiger partial charge >= 0.3 is 0 Å². The first-order valence-electron chi connectivity index (χ1n) is 6.20. The molecule has 0 aliphatic carbocycles. The lowest BCUT2D eigenvalue weighted by Gasteiger charge is -2.09. The maximum Gasteiger partial charge on any atom is -0.0445 e. The summed E-state index contributed by atoms with van der Waals surface area (Å²) in [6, 6.07) is 0. The molecule has 0 aliphatic rings. The van der Waals surface area contributed by atoms with Gasteiger partial charge in [0.15, 0.2) is 0 Å². The van der Waals surface area contributed by atoms with Crippen LogP contribution in [0.15, 0.2) is 0 Å². The van der Waals surface area contributed by atoms with Crippen molar-refractivity contribution >= 4 is 0 Å². The first-order valence-corrected chi connectivity index (χ1v) is 6.20. The second kappa shape index (κ2) is 8.59. The van der Waals surface area contributed by atoms with Gasteiger partial charge in [-0.05, 0) is 11.8 Å². The zero-order chi connectivity index (χ0) is 10.1. The summed E-state index contributed by atoms with van der Waals surface area (Å²) in [5.41, 5.74) is 0. The minimum absolute atomic E-state index is 0.948. The average Bonchev–Trinajstić information content (AvgIpc) is 2.16. The highest BCUT2D eigenvalue weighted by atomic mass is 14.1. The van der Waals surface area contributed by atoms with E-state index in [1.165, 1.54) is 44.9 Å². The molecule has 0 saturated carbocycles. The fraction of sp³-hybridized carbons (Fsp3) is 1.00. The highest BCUT2D eigenvalue weighted by Gasteiger charge is 2.00. The average molecular weight is 184 g/mol. The summed E-state index contributed by atoms with van der Waals surface area (Å²) in [6.45, 7) is 9.33. The van der Waals surface area contributed by atoms with Crippen molar-refractivity contribution in [1.82, 2.24) is 0 Å². The van der Waals surface area contributed by atoms with Crippen LogP contribution in [0.25, 0.3) is 0 Å². The first kappa shape index (κ1) is 13.0. The van der Waals surface area contributed by atoms with Crippen molar-refractivity contribution in [2.24, 2.45) is 11.8 Å². The van der Waals surface area contributed by atoms with E-state index in [-0.39, 0.29) is 0 Å². The molecule has 0 aromatic heterocycles. The lowest BCUT2D eigenvalue weighted by molar-refractivity contribution is 0.442. The van der Waals surface area contributed by atoms with Gasteiger partial charge in [0.1, 0.15) is 0 Å². The molecule has 0 radical (unpaired) electrons. The minimum atomic E-state index is 0.948. The minimum Gasteiger partial charge on any atom is -0.0651 e. The van der Waals surface area contributed by atoms with Crippen molar-refractivity contribution in [3.8, 4) is 0 Å². The van der Waals surface area contributed by atoms with Gasteiger partial charge < -0.3 is 0 Å². The van der Waals surface area contributed by atoms with Crippen molar-refractivity contribution in [2.75, 3.05) is 0 Å². The van der Waals surface area contributed by atoms with E-state index in [2.05, 4.69) is 27.7 Å². The molecule has 2 unspecified atom stereocenters. The molecule has 0 heteroatoms. The van der Waals surface area contributed by atoms with E-state index in [1.54, 1.807) is 0 Å². The predicted molar refractivity (Wildman–Crippen MR) is 62.0 cm³/mol. The van der Waals surface area contributed by atoms with Crippen molar-refractivity contribution in [1.29, 1.82) is 0 Å². The van der Waals surface area contributed by atoms with Crippen LogP contribution in [0.2, 0.25) is 0 Å². The lowest BCUT2D eigenvalue weighted by Crippen LogP contribution is -1.94. The van der Waals surface area contributed by atoms with Crippen LogP contribution in [0.4, 0.5) is 0 Å². The maximum atomic E-state index is 2.37. The van der Waals surface area contributed by atoms with Crippen LogP contribution in [0.3, 0.4) is 0 Å². The van der Waals surface area contributed by atoms with Crippen LogP contribution >= 0.6 is 0 Å². The van der Waals surface area contributed by atoms with Crippen LogP contribution < -0.4 is 0 Å². The van der Waals surface area contributed by atoms with E-state index in [9.17, 15) is 0 Å². The predicted octanol–water partition coefficient (Wildman–Crippen LogP) is 5.03. The molecule has 0 aliphatic heterocycles. The van der Waals surface area contributed by atoms with Gasteiger partial charge in [0, 0.05) is 0 Å². The normalized spacial score (nSPS) is 15.7. The van der Waals surface area contributed by atoms with E-state index in [1.807, 2.05) is 0 Å². The number of rotatable bonds is 8. The van der Waals surface area contributed by atoms with Crippen molar-refractivity contribution < 1.29 is 0 Å². The lowest BCUT2D eigenvalue weighted by atomic mass is 9.97. The third-order valence-corrected chi connectivity index (χ3v) is 3.29. The topological polar surface area (TPSA) is 0 Å². The molecule has 0 nitrogen and oxygen atoms in total. The van der Waals surface area contributed by atoms with Crippen LogP contribution in [0.5, 0.6) is 0 Å². The van der Waals surface area contributed by atoms with Crippen LogP contribution in [0.1, 0.15) is 72.6 Å². The second-order valence-corrected chi connectivity index (χ2v) is 4.66. The molecule has 0 bridgehead atoms. The Kier molecular flexibility index (Phi) is 8.59. The van der Waals surface area contributed by atoms with Crippen molar-refractivity contribution in [3.05, 3.63) is 0 Å². The molecule has 0 rings (SSSR count). The van der Waals surface area contributed by atoms with Crippen molar-refractivity contribution in [2.45, 2.75) is 72.6 Å². The second-order valence-electron chi connectivity index (χ2n) is 4.66. The van der Waals surface area contributed by atoms with Gasteiger partial charge in [-0.1, -0.05) is 72.6 Å². The fourth-order valence-corrected chi connectivity index (χ4v) is 1.57. The Morgan fingerprint density at radius 1 is 0.692 bits per heavy atom. The third kappa shape index (κ3) is 8.33. The molecule has 0 fully saturated rings. The quantitative estimate of drug-likeness (QED) is 0.464. The molecule has 0 N–H and O–H groups in total. The smallest absolute Gasteiger partial charge is 0.0445 e. The summed E-state index contributed by atoms with van der Waals surface area (Å²) in [4.78, 5) is 0. The molecule has 80 valence electrons. The van der Waals surface area contributed by atoms with Crippen LogP contribution in [-0.2, 0) is 0 Å². The van der Waals surface area contributed by atoms with Gasteiger partial charge in [-0.2, -0.15) is 0 Å². The van der Waals surface area contributed by atoms with Gasteiger partial charge in [-0.25, -0.2) is 0 Å². The Balaban J connectivity index is 3.08. The molecule has 2 atom stereocenters. The van der Waals surface area contributed by atoms with Gasteiger partial charge in [0.25, 0.3) is 0 Å². The van der Waals surface area contributed by atoms with E-state index >= 15 is 0 Å². The molecular formula is C13H28. The van der Waals surface area contributed by atoms with Gasteiger partial charge in [-0.15, -0.1) is 0 Å². The molecule has 0 aromatic carbocycles. The molecule has 0 saturated heterocycles. The van der Waals surface area contributed by atoms with Gasteiger partial charge in [0.2, 0.25) is 0 Å². The van der Waals surface area contributed by atoms with Crippen molar-refractivity contribution in [3.63, 3.8) is 0 Å². The number of hydrogen-bond acceptors (Lipinski definition) is 0. The SMILES string of the molecule is CCC(C)CCCCCC(C)CC. The Bertz CT molecular complexity index is 84.2. The van der Waals surface area contributed by atoms with Crippen LogP contribution in [-0.4, -0.2) is 0 Å². The standard InChI is InChI=1S/C13H28/c1-5-12(3)10-8-7-9-11-13(4)6-2/h12-13H,5-11H2,1-4H3. The van der Waals surface area contributed by atoms with E-state index in [4.69, 9.17) is 0 Å². The monoisotopic (exact) mass is 184 g/mol. The fourth-order valence-electron chi connectivity index (χ4n) is 1.57. The summed E-state index contributed by atoms with van der Waals surface area (Å²) in [5.74, 6) is 1.90. The third-order valence-electron chi connectivity index (χ3n) is 3.29. The zero-order valence-corrected chi connectivity index (χ0v) is 10.1. The molecular weight excluding hydrogens is 156 g/mol. The molecule has 0 heterocycles. The Hall–Kier alpha value is 0. The Morgan fingerprint density at radius 2 is 1.08 bits per heavy atom. The zero-order valence-electron chi connectivity index (χ0n) is 10.1. The van der Waals surface area contributed by atoms with Crippen LogP contribution in [0, 0.1) is 11.8 Å². The summed E-state index contributed by atoms with van der Waals surface area (Å²) >= 11 is 0. The summed E-state index contributed by atoms with van der Waals surface area (Å²) < 4.78 is 0. The Labute approximate surface area is 85.1 Å². The van der Waals surface area contributed by atoms with Gasteiger partial charge in [0.05, 0.1) is 0 Å². The summed E-state index contributed by atoms with van der Waals surface area (Å²) in [6.07, 6.45) is 9.94. The van der Waals surface area contributed by atoms with E-state index in [0.717, 1.165) is 11.8 Å². The molecule has 0 spiro atoms. The highest BCUT2D eigenvalue weighted by molar-refractivity contribution is 4.54. The van der Waals surface area contributed by atoms with E-state index in [0.29, 0.717) is 0 Å². The molecule has 13 heavy (non-hydrogen) atoms.